The molecule has 12 heteroatoms. The van der Waals surface area contributed by atoms with Crippen molar-refractivity contribution < 1.29 is 28.6 Å². The van der Waals surface area contributed by atoms with Gasteiger partial charge in [0, 0.05) is 55.0 Å². The van der Waals surface area contributed by atoms with E-state index < -0.39 is 23.5 Å². The number of methoxy groups -OCH3 is 2. The summed E-state index contributed by atoms with van der Waals surface area (Å²) in [6.07, 6.45) is 2.94. The number of anilines is 2. The Morgan fingerprint density at radius 1 is 0.913 bits per heavy atom. The fourth-order valence-electron chi connectivity index (χ4n) is 5.85. The van der Waals surface area contributed by atoms with Crippen LogP contribution < -0.4 is 15.5 Å². The van der Waals surface area contributed by atoms with Crippen LogP contribution >= 0.6 is 0 Å². The molecule has 1 atom stereocenters. The minimum Gasteiger partial charge on any atom is -0.466 e. The smallest absolute Gasteiger partial charge is 0.410 e. The van der Waals surface area contributed by atoms with Gasteiger partial charge in [0.15, 0.2) is 0 Å². The Morgan fingerprint density at radius 2 is 1.57 bits per heavy atom. The van der Waals surface area contributed by atoms with Crippen molar-refractivity contribution in [2.24, 2.45) is 5.73 Å². The average molecular weight is 625 g/mol. The number of aromatic nitrogens is 1. The minimum atomic E-state index is -0.978. The molecule has 5 rings (SSSR count). The van der Waals surface area contributed by atoms with Crippen molar-refractivity contribution in [2.75, 3.05) is 50.2 Å². The molecule has 0 bridgehead atoms. The molecule has 238 valence electrons. The third kappa shape index (κ3) is 5.91. The molecule has 12 nitrogen and oxygen atoms in total. The van der Waals surface area contributed by atoms with Gasteiger partial charge in [-0.25, -0.2) is 14.4 Å². The molecule has 1 saturated heterocycles. The molecule has 2 N–H and O–H groups in total. The van der Waals surface area contributed by atoms with Crippen LogP contribution in [0.1, 0.15) is 32.3 Å². The van der Waals surface area contributed by atoms with Crippen molar-refractivity contribution >= 4 is 40.2 Å². The molecule has 3 heterocycles. The number of benzene rings is 2. The second-order valence-electron chi connectivity index (χ2n) is 11.8. The van der Waals surface area contributed by atoms with Gasteiger partial charge in [0.1, 0.15) is 17.1 Å². The van der Waals surface area contributed by atoms with E-state index in [0.717, 1.165) is 11.1 Å². The van der Waals surface area contributed by atoms with Gasteiger partial charge in [-0.3, -0.25) is 9.88 Å². The van der Waals surface area contributed by atoms with Gasteiger partial charge in [0.25, 0.3) is 0 Å². The molecular formula is C34H36N6O6. The lowest BCUT2D eigenvalue weighted by Crippen LogP contribution is -2.50. The van der Waals surface area contributed by atoms with Gasteiger partial charge in [-0.05, 0) is 44.5 Å². The largest absolute Gasteiger partial charge is 0.466 e. The quantitative estimate of drug-likeness (QED) is 0.321. The SMILES string of the molecule is COC(=O)C1=C(C(=O)OC)N(c2ccc(N3CCN(C(=O)OC(C)(C)C)CC3)c3ccncc23)C(N)=C(C#N)C1c1ccccc1. The normalized spacial score (nSPS) is 17.1. The topological polar surface area (TPSA) is 151 Å². The summed E-state index contributed by atoms with van der Waals surface area (Å²) in [5.74, 6) is -2.65. The van der Waals surface area contributed by atoms with Gasteiger partial charge < -0.3 is 29.7 Å². The number of allylic oxidation sites excluding steroid dienone is 1. The molecule has 2 aliphatic rings. The zero-order chi connectivity index (χ0) is 33.2. The maximum absolute atomic E-state index is 13.6. The number of nitrogens with zero attached hydrogens (tertiary/aromatic N) is 5. The van der Waals surface area contributed by atoms with Crippen LogP contribution in [-0.4, -0.2) is 73.9 Å². The highest BCUT2D eigenvalue weighted by atomic mass is 16.6. The number of pyridine rings is 1. The van der Waals surface area contributed by atoms with Crippen molar-refractivity contribution in [1.29, 1.82) is 5.26 Å². The van der Waals surface area contributed by atoms with Crippen molar-refractivity contribution in [1.82, 2.24) is 9.88 Å². The van der Waals surface area contributed by atoms with E-state index in [1.165, 1.54) is 19.1 Å². The number of amides is 1. The van der Waals surface area contributed by atoms with E-state index in [-0.39, 0.29) is 28.8 Å². The molecule has 2 aromatic carbocycles. The molecule has 0 saturated carbocycles. The number of carbonyl (C=O) groups is 3. The van der Waals surface area contributed by atoms with Crippen LogP contribution in [0.25, 0.3) is 10.8 Å². The van der Waals surface area contributed by atoms with Gasteiger partial charge in [-0.1, -0.05) is 30.3 Å². The van der Waals surface area contributed by atoms with Gasteiger partial charge in [0.2, 0.25) is 0 Å². The molecule has 1 amide bonds. The molecular weight excluding hydrogens is 588 g/mol. The Morgan fingerprint density at radius 3 is 2.17 bits per heavy atom. The van der Waals surface area contributed by atoms with Gasteiger partial charge in [-0.15, -0.1) is 0 Å². The number of piperazine rings is 1. The number of fused-ring (bicyclic) bond motifs is 1. The summed E-state index contributed by atoms with van der Waals surface area (Å²) < 4.78 is 15.9. The highest BCUT2D eigenvalue weighted by Gasteiger charge is 2.43. The summed E-state index contributed by atoms with van der Waals surface area (Å²) in [4.78, 5) is 49.2. The first-order valence-electron chi connectivity index (χ1n) is 14.8. The summed E-state index contributed by atoms with van der Waals surface area (Å²) in [6.45, 7) is 7.55. The second-order valence-corrected chi connectivity index (χ2v) is 11.8. The summed E-state index contributed by atoms with van der Waals surface area (Å²) >= 11 is 0. The molecule has 46 heavy (non-hydrogen) atoms. The summed E-state index contributed by atoms with van der Waals surface area (Å²) in [5, 5.41) is 11.8. The number of hydrogen-bond acceptors (Lipinski definition) is 11. The van der Waals surface area contributed by atoms with E-state index >= 15 is 0 Å². The lowest BCUT2D eigenvalue weighted by molar-refractivity contribution is -0.139. The highest BCUT2D eigenvalue weighted by molar-refractivity contribution is 6.10. The minimum absolute atomic E-state index is 0.0340. The monoisotopic (exact) mass is 624 g/mol. The van der Waals surface area contributed by atoms with Crippen LogP contribution in [0.3, 0.4) is 0 Å². The summed E-state index contributed by atoms with van der Waals surface area (Å²) in [6, 6.07) is 16.5. The Hall–Kier alpha value is -5.57. The van der Waals surface area contributed by atoms with Gasteiger partial charge in [0.05, 0.1) is 43.0 Å². The first-order chi connectivity index (χ1) is 22.0. The number of nitrogens with two attached hydrogens (primary N) is 1. The van der Waals surface area contributed by atoms with Crippen LogP contribution in [0, 0.1) is 11.3 Å². The fourth-order valence-corrected chi connectivity index (χ4v) is 5.85. The maximum Gasteiger partial charge on any atom is 0.410 e. The molecule has 0 aliphatic carbocycles. The Kier molecular flexibility index (Phi) is 8.87. The van der Waals surface area contributed by atoms with E-state index in [2.05, 4.69) is 16.0 Å². The predicted molar refractivity (Wildman–Crippen MR) is 171 cm³/mol. The third-order valence-electron chi connectivity index (χ3n) is 7.90. The number of rotatable bonds is 5. The number of carbonyl (C=O) groups excluding carboxylic acids is 3. The predicted octanol–water partition coefficient (Wildman–Crippen LogP) is 4.19. The lowest BCUT2D eigenvalue weighted by atomic mass is 9.80. The Balaban J connectivity index is 1.63. The van der Waals surface area contributed by atoms with Crippen molar-refractivity contribution in [3.05, 3.63) is 89.2 Å². The number of hydrogen-bond donors (Lipinski definition) is 1. The van der Waals surface area contributed by atoms with Crippen LogP contribution in [-0.2, 0) is 23.8 Å². The molecule has 1 unspecified atom stereocenters. The zero-order valence-corrected chi connectivity index (χ0v) is 26.4. The van der Waals surface area contributed by atoms with E-state index in [4.69, 9.17) is 19.9 Å². The molecule has 1 fully saturated rings. The van der Waals surface area contributed by atoms with Crippen molar-refractivity contribution in [3.8, 4) is 6.07 Å². The summed E-state index contributed by atoms with van der Waals surface area (Å²) in [5.41, 5.74) is 7.86. The lowest BCUT2D eigenvalue weighted by Gasteiger charge is -2.38. The first kappa shape index (κ1) is 31.8. The molecule has 0 radical (unpaired) electrons. The fraction of sp³-hybridized carbons (Fsp3) is 0.324. The van der Waals surface area contributed by atoms with Crippen LogP contribution in [0.2, 0.25) is 0 Å². The standard InChI is InChI=1S/C34H36N6O6/c1-34(2,3)46-33(43)39-17-15-38(16-18-39)25-11-12-26(24-20-37-14-13-22(24)25)40-29(32(42)45-5)28(31(41)44-4)27(23(19-35)30(40)36)21-9-7-6-8-10-21/h6-14,20,27H,15-18,36H2,1-5H3. The molecule has 0 spiro atoms. The summed E-state index contributed by atoms with van der Waals surface area (Å²) in [7, 11) is 2.42. The highest BCUT2D eigenvalue weighted by Crippen LogP contribution is 2.45. The third-order valence-corrected chi connectivity index (χ3v) is 7.90. The van der Waals surface area contributed by atoms with Crippen molar-refractivity contribution in [3.63, 3.8) is 0 Å². The number of nitriles is 1. The van der Waals surface area contributed by atoms with Crippen LogP contribution in [0.5, 0.6) is 0 Å². The molecule has 2 aliphatic heterocycles. The van der Waals surface area contributed by atoms with Gasteiger partial charge in [-0.2, -0.15) is 5.26 Å². The second kappa shape index (κ2) is 12.8. The van der Waals surface area contributed by atoms with Gasteiger partial charge >= 0.3 is 18.0 Å². The first-order valence-corrected chi connectivity index (χ1v) is 14.8. The van der Waals surface area contributed by atoms with E-state index in [0.29, 0.717) is 42.8 Å². The Bertz CT molecular complexity index is 1780. The maximum atomic E-state index is 13.6. The van der Waals surface area contributed by atoms with Crippen LogP contribution in [0.15, 0.2) is 83.6 Å². The van der Waals surface area contributed by atoms with E-state index in [9.17, 15) is 19.6 Å². The number of ether oxygens (including phenoxy) is 3. The zero-order valence-electron chi connectivity index (χ0n) is 26.4. The molecule has 1 aromatic heterocycles. The number of esters is 2. The van der Waals surface area contributed by atoms with Crippen molar-refractivity contribution in [2.45, 2.75) is 32.3 Å². The molecule has 3 aromatic rings. The van der Waals surface area contributed by atoms with E-state index in [1.807, 2.05) is 32.9 Å². The Labute approximate surface area is 267 Å². The average Bonchev–Trinajstić information content (AvgIpc) is 3.06. The van der Waals surface area contributed by atoms with E-state index in [1.54, 1.807) is 53.7 Å². The van der Waals surface area contributed by atoms with Crippen LogP contribution in [0.4, 0.5) is 16.2 Å².